The van der Waals surface area contributed by atoms with Gasteiger partial charge < -0.3 is 14.2 Å². The van der Waals surface area contributed by atoms with Crippen molar-refractivity contribution in [3.05, 3.63) is 83.4 Å². The molecular weight excluding hydrogens is 486 g/mol. The number of rotatable bonds is 7. The Hall–Kier alpha value is -4.37. The van der Waals surface area contributed by atoms with Gasteiger partial charge in [0.15, 0.2) is 11.5 Å². The second kappa shape index (κ2) is 10.2. The summed E-state index contributed by atoms with van der Waals surface area (Å²) in [5.41, 5.74) is 5.59. The van der Waals surface area contributed by atoms with Crippen molar-refractivity contribution in [3.63, 3.8) is 0 Å². The van der Waals surface area contributed by atoms with Crippen LogP contribution in [0.25, 0.3) is 0 Å². The zero-order chi connectivity index (χ0) is 27.0. The first-order valence-electron chi connectivity index (χ1n) is 12.4. The van der Waals surface area contributed by atoms with Crippen molar-refractivity contribution < 1.29 is 28.6 Å². The molecule has 2 heterocycles. The summed E-state index contributed by atoms with van der Waals surface area (Å²) in [6, 6.07) is 17.4. The summed E-state index contributed by atoms with van der Waals surface area (Å²) < 4.78 is 16.6. The van der Waals surface area contributed by atoms with Gasteiger partial charge in [0, 0.05) is 11.1 Å². The number of carbonyl (C=O) groups excluding carboxylic acids is 3. The highest BCUT2D eigenvalue weighted by molar-refractivity contribution is 6.25. The first-order valence-corrected chi connectivity index (χ1v) is 12.4. The molecule has 2 fully saturated rings. The lowest BCUT2D eigenvalue weighted by Gasteiger charge is -2.26. The molecular formula is C29H29N3O6. The molecule has 3 aromatic rings. The Bertz CT molecular complexity index is 1370. The van der Waals surface area contributed by atoms with Gasteiger partial charge in [-0.3, -0.25) is 19.4 Å². The van der Waals surface area contributed by atoms with Gasteiger partial charge in [-0.25, -0.2) is 10.3 Å². The minimum atomic E-state index is -1.05. The number of aryl methyl sites for hydroxylation is 1. The van der Waals surface area contributed by atoms with Gasteiger partial charge in [0.05, 0.1) is 38.5 Å². The molecule has 9 heteroatoms. The van der Waals surface area contributed by atoms with Crippen molar-refractivity contribution in [3.8, 4) is 17.2 Å². The highest BCUT2D eigenvalue weighted by Gasteiger charge is 2.61. The molecule has 0 spiro atoms. The van der Waals surface area contributed by atoms with E-state index >= 15 is 0 Å². The number of hydrogen-bond donors (Lipinski definition) is 1. The molecule has 0 saturated carbocycles. The standard InChI is InChI=1S/C29H29N3O6/c1-5-38-20-15-13-19(14-16-20)31-28(34)23-24(21-7-6-8-22(36-3)26(21)37-4)30-32(25(23)29(31)35)27(33)18-11-9-17(2)10-12-18/h6-16,23-25,30H,5H2,1-4H3/t23-,24-,25+/m1/s1. The summed E-state index contributed by atoms with van der Waals surface area (Å²) in [6.45, 7) is 4.30. The lowest BCUT2D eigenvalue weighted by atomic mass is 9.90. The minimum absolute atomic E-state index is 0.403. The first-order chi connectivity index (χ1) is 18.4. The highest BCUT2D eigenvalue weighted by atomic mass is 16.5. The fourth-order valence-corrected chi connectivity index (χ4v) is 5.14. The fourth-order valence-electron chi connectivity index (χ4n) is 5.14. The number of ether oxygens (including phenoxy) is 3. The number of nitrogens with one attached hydrogen (secondary N) is 1. The molecule has 5 rings (SSSR count). The lowest BCUT2D eigenvalue weighted by molar-refractivity contribution is -0.123. The number of methoxy groups -OCH3 is 2. The number of hydrazine groups is 1. The third kappa shape index (κ3) is 4.14. The second-order valence-corrected chi connectivity index (χ2v) is 9.14. The third-order valence-corrected chi connectivity index (χ3v) is 6.93. The van der Waals surface area contributed by atoms with Crippen LogP contribution in [0.1, 0.15) is 34.5 Å². The van der Waals surface area contributed by atoms with Gasteiger partial charge in [-0.15, -0.1) is 0 Å². The van der Waals surface area contributed by atoms with Crippen LogP contribution in [0.2, 0.25) is 0 Å². The van der Waals surface area contributed by atoms with E-state index in [9.17, 15) is 14.4 Å². The van der Waals surface area contributed by atoms with Crippen LogP contribution in [-0.4, -0.2) is 49.6 Å². The zero-order valence-corrected chi connectivity index (χ0v) is 21.6. The molecule has 0 bridgehead atoms. The van der Waals surface area contributed by atoms with Gasteiger partial charge in [0.2, 0.25) is 5.91 Å². The Kier molecular flexibility index (Phi) is 6.77. The van der Waals surface area contributed by atoms with E-state index < -0.39 is 35.7 Å². The van der Waals surface area contributed by atoms with Crippen LogP contribution in [0.3, 0.4) is 0 Å². The number of nitrogens with zero attached hydrogens (tertiary/aromatic N) is 2. The van der Waals surface area contributed by atoms with Crippen LogP contribution in [0.5, 0.6) is 17.2 Å². The zero-order valence-electron chi connectivity index (χ0n) is 21.6. The van der Waals surface area contributed by atoms with E-state index in [0.717, 1.165) is 10.5 Å². The number of carbonyl (C=O) groups is 3. The van der Waals surface area contributed by atoms with Crippen LogP contribution in [-0.2, 0) is 9.59 Å². The molecule has 3 amide bonds. The number of anilines is 1. The number of para-hydroxylation sites is 1. The number of imide groups is 1. The second-order valence-electron chi connectivity index (χ2n) is 9.14. The van der Waals surface area contributed by atoms with Crippen LogP contribution in [0.4, 0.5) is 5.69 Å². The SMILES string of the molecule is CCOc1ccc(N2C(=O)[C@@H]3[C@@H](c4cccc(OC)c4OC)NN(C(=O)c4ccc(C)cc4)[C@@H]3C2=O)cc1. The molecule has 196 valence electrons. The Balaban J connectivity index is 1.59. The maximum Gasteiger partial charge on any atom is 0.268 e. The summed E-state index contributed by atoms with van der Waals surface area (Å²) in [5.74, 6) is -0.648. The maximum atomic E-state index is 13.9. The van der Waals surface area contributed by atoms with E-state index in [4.69, 9.17) is 14.2 Å². The first kappa shape index (κ1) is 25.3. The number of fused-ring (bicyclic) bond motifs is 1. The summed E-state index contributed by atoms with van der Waals surface area (Å²) in [4.78, 5) is 42.6. The molecule has 9 nitrogen and oxygen atoms in total. The van der Waals surface area contributed by atoms with Gasteiger partial charge in [0.25, 0.3) is 11.8 Å². The van der Waals surface area contributed by atoms with Crippen molar-refractivity contribution in [2.45, 2.75) is 25.9 Å². The van der Waals surface area contributed by atoms with E-state index in [1.54, 1.807) is 54.6 Å². The fraction of sp³-hybridized carbons (Fsp3) is 0.276. The molecule has 2 aliphatic rings. The Morgan fingerprint density at radius 1 is 0.921 bits per heavy atom. The van der Waals surface area contributed by atoms with Crippen molar-refractivity contribution in [2.24, 2.45) is 5.92 Å². The number of benzene rings is 3. The molecule has 2 aliphatic heterocycles. The van der Waals surface area contributed by atoms with Gasteiger partial charge >= 0.3 is 0 Å². The molecule has 0 aromatic heterocycles. The van der Waals surface area contributed by atoms with Gasteiger partial charge in [-0.2, -0.15) is 0 Å². The molecule has 0 aliphatic carbocycles. The van der Waals surface area contributed by atoms with Crippen LogP contribution in [0.15, 0.2) is 66.7 Å². The van der Waals surface area contributed by atoms with Crippen molar-refractivity contribution in [2.75, 3.05) is 25.7 Å². The maximum absolute atomic E-state index is 13.9. The average Bonchev–Trinajstić information content (AvgIpc) is 3.45. The van der Waals surface area contributed by atoms with E-state index in [1.807, 2.05) is 26.0 Å². The molecule has 38 heavy (non-hydrogen) atoms. The molecule has 3 atom stereocenters. The molecule has 1 N–H and O–H groups in total. The van der Waals surface area contributed by atoms with Crippen molar-refractivity contribution >= 4 is 23.4 Å². The monoisotopic (exact) mass is 515 g/mol. The van der Waals surface area contributed by atoms with E-state index in [1.165, 1.54) is 19.2 Å². The van der Waals surface area contributed by atoms with Gasteiger partial charge in [-0.1, -0.05) is 29.8 Å². The number of amides is 3. The summed E-state index contributed by atoms with van der Waals surface area (Å²) in [5, 5.41) is 1.29. The van der Waals surface area contributed by atoms with Crippen molar-refractivity contribution in [1.29, 1.82) is 0 Å². The lowest BCUT2D eigenvalue weighted by Crippen LogP contribution is -2.48. The summed E-state index contributed by atoms with van der Waals surface area (Å²) >= 11 is 0. The van der Waals surface area contributed by atoms with Gasteiger partial charge in [0.1, 0.15) is 11.8 Å². The molecule has 0 unspecified atom stereocenters. The predicted molar refractivity (Wildman–Crippen MR) is 140 cm³/mol. The van der Waals surface area contributed by atoms with Crippen molar-refractivity contribution in [1.82, 2.24) is 10.4 Å². The van der Waals surface area contributed by atoms with E-state index in [2.05, 4.69) is 5.43 Å². The average molecular weight is 516 g/mol. The summed E-state index contributed by atoms with van der Waals surface area (Å²) in [6.07, 6.45) is 0. The van der Waals surface area contributed by atoms with Crippen LogP contribution >= 0.6 is 0 Å². The van der Waals surface area contributed by atoms with E-state index in [0.29, 0.717) is 40.7 Å². The smallest absolute Gasteiger partial charge is 0.268 e. The quantitative estimate of drug-likeness (QED) is 0.480. The topological polar surface area (TPSA) is 97.4 Å². The normalized spacial score (nSPS) is 20.5. The predicted octanol–water partition coefficient (Wildman–Crippen LogP) is 3.67. The summed E-state index contributed by atoms with van der Waals surface area (Å²) in [7, 11) is 3.04. The molecule has 0 radical (unpaired) electrons. The largest absolute Gasteiger partial charge is 0.494 e. The Morgan fingerprint density at radius 2 is 1.63 bits per heavy atom. The molecule has 3 aromatic carbocycles. The van der Waals surface area contributed by atoms with Crippen LogP contribution < -0.4 is 24.5 Å². The third-order valence-electron chi connectivity index (χ3n) is 6.93. The Morgan fingerprint density at radius 3 is 2.26 bits per heavy atom. The number of hydrogen-bond acceptors (Lipinski definition) is 7. The van der Waals surface area contributed by atoms with Gasteiger partial charge in [-0.05, 0) is 56.3 Å². The van der Waals surface area contributed by atoms with E-state index in [-0.39, 0.29) is 0 Å². The highest BCUT2D eigenvalue weighted by Crippen LogP contribution is 2.46. The molecule has 2 saturated heterocycles. The minimum Gasteiger partial charge on any atom is -0.494 e. The Labute approximate surface area is 220 Å². The van der Waals surface area contributed by atoms with Crippen LogP contribution in [0, 0.1) is 12.8 Å².